The van der Waals surface area contributed by atoms with Crippen molar-refractivity contribution in [2.24, 2.45) is 0 Å². The Morgan fingerprint density at radius 2 is 1.66 bits per heavy atom. The van der Waals surface area contributed by atoms with Crippen LogP contribution in [0.3, 0.4) is 0 Å². The Balaban J connectivity index is 1.36. The average molecular weight is 559 g/mol. The van der Waals surface area contributed by atoms with Gasteiger partial charge in [0.15, 0.2) is 11.5 Å². The first-order valence-electron chi connectivity index (χ1n) is 14.1. The molecule has 9 heteroatoms. The van der Waals surface area contributed by atoms with Gasteiger partial charge in [-0.2, -0.15) is 0 Å². The number of hydrogen-bond donors (Lipinski definition) is 0. The summed E-state index contributed by atoms with van der Waals surface area (Å²) in [6.45, 7) is -0.0326. The van der Waals surface area contributed by atoms with Crippen LogP contribution in [0.4, 0.5) is 4.79 Å². The van der Waals surface area contributed by atoms with Gasteiger partial charge in [0.25, 0.3) is 0 Å². The van der Waals surface area contributed by atoms with Gasteiger partial charge in [0.05, 0.1) is 18.1 Å². The predicted octanol–water partition coefficient (Wildman–Crippen LogP) is 5.93. The van der Waals surface area contributed by atoms with Gasteiger partial charge in [-0.3, -0.25) is 14.9 Å². The molecule has 2 aliphatic rings. The average Bonchev–Trinajstić information content (AvgIpc) is 3.62. The van der Waals surface area contributed by atoms with Crippen molar-refractivity contribution in [1.29, 1.82) is 0 Å². The Hall–Kier alpha value is -4.40. The molecule has 1 saturated heterocycles. The molecule has 1 saturated carbocycles. The molecule has 1 aliphatic heterocycles. The fourth-order valence-electron chi connectivity index (χ4n) is 5.49. The highest BCUT2D eigenvalue weighted by molar-refractivity contribution is 5.94. The Kier molecular flexibility index (Phi) is 9.13. The van der Waals surface area contributed by atoms with Crippen LogP contribution >= 0.6 is 0 Å². The van der Waals surface area contributed by atoms with E-state index in [1.165, 1.54) is 0 Å². The van der Waals surface area contributed by atoms with Crippen LogP contribution in [-0.2, 0) is 22.6 Å². The molecule has 2 atom stereocenters. The van der Waals surface area contributed by atoms with Gasteiger partial charge in [0.2, 0.25) is 12.5 Å². The molecule has 2 fully saturated rings. The molecule has 3 aromatic rings. The number of carbonyl (C=O) groups excluding carboxylic acids is 2. The summed E-state index contributed by atoms with van der Waals surface area (Å²) in [6.07, 6.45) is 3.58. The highest BCUT2D eigenvalue weighted by Crippen LogP contribution is 2.36. The number of imide groups is 1. The van der Waals surface area contributed by atoms with Crippen molar-refractivity contribution in [2.75, 3.05) is 13.2 Å². The highest BCUT2D eigenvalue weighted by atomic mass is 16.6. The summed E-state index contributed by atoms with van der Waals surface area (Å²) in [5.41, 5.74) is 2.56. The molecule has 3 aromatic carbocycles. The zero-order valence-corrected chi connectivity index (χ0v) is 22.9. The second kappa shape index (κ2) is 13.3. The summed E-state index contributed by atoms with van der Waals surface area (Å²) in [5, 5.41) is 11.7. The molecule has 1 aliphatic carbocycles. The van der Waals surface area contributed by atoms with Crippen molar-refractivity contribution in [3.63, 3.8) is 0 Å². The fraction of sp³-hybridized carbons (Fsp3) is 0.375. The number of hydrogen-bond acceptors (Lipinski definition) is 7. The molecule has 5 rings (SSSR count). The van der Waals surface area contributed by atoms with Gasteiger partial charge in [0.1, 0.15) is 13.2 Å². The first kappa shape index (κ1) is 28.1. The van der Waals surface area contributed by atoms with Crippen LogP contribution in [-0.4, -0.2) is 47.1 Å². The maximum Gasteiger partial charge on any atom is 0.416 e. The molecule has 41 heavy (non-hydrogen) atoms. The SMILES string of the molecule is O=C(CC(C[N+](=O)[O-])c1ccc(OCc2ccccc2)c(OC2CCCC2)c1)N1C(=O)OCC1Cc1ccccc1. The van der Waals surface area contributed by atoms with Crippen molar-refractivity contribution < 1.29 is 28.7 Å². The van der Waals surface area contributed by atoms with Gasteiger partial charge in [0, 0.05) is 11.3 Å². The summed E-state index contributed by atoms with van der Waals surface area (Å²) >= 11 is 0. The third-order valence-corrected chi connectivity index (χ3v) is 7.61. The molecular formula is C32H34N2O7. The molecule has 0 spiro atoms. The number of carbonyl (C=O) groups is 2. The molecule has 1 heterocycles. The lowest BCUT2D eigenvalue weighted by Gasteiger charge is -2.23. The summed E-state index contributed by atoms with van der Waals surface area (Å²) < 4.78 is 17.6. The standard InChI is InChI=1S/C32H34N2O7/c35-31(34-27(22-40-32(34)36)17-23-9-3-1-4-10-23)19-26(20-33(37)38)25-15-16-29(39-21-24-11-5-2-6-12-24)30(18-25)41-28-13-7-8-14-28/h1-6,9-12,15-16,18,26-28H,7-8,13-14,17,19-22H2. The molecule has 0 bridgehead atoms. The van der Waals surface area contributed by atoms with Gasteiger partial charge in [-0.25, -0.2) is 9.69 Å². The lowest BCUT2D eigenvalue weighted by Crippen LogP contribution is -2.41. The minimum Gasteiger partial charge on any atom is -0.487 e. The maximum atomic E-state index is 13.5. The third-order valence-electron chi connectivity index (χ3n) is 7.61. The van der Waals surface area contributed by atoms with E-state index in [9.17, 15) is 19.7 Å². The number of ether oxygens (including phenoxy) is 3. The van der Waals surface area contributed by atoms with Crippen LogP contribution < -0.4 is 9.47 Å². The maximum absolute atomic E-state index is 13.5. The number of nitrogens with zero attached hydrogens (tertiary/aromatic N) is 2. The Bertz CT molecular complexity index is 1340. The largest absolute Gasteiger partial charge is 0.487 e. The zero-order chi connectivity index (χ0) is 28.6. The normalized spacial score (nSPS) is 17.7. The monoisotopic (exact) mass is 558 g/mol. The van der Waals surface area contributed by atoms with Crippen LogP contribution in [0.2, 0.25) is 0 Å². The number of rotatable bonds is 12. The lowest BCUT2D eigenvalue weighted by atomic mass is 9.94. The van der Waals surface area contributed by atoms with Crippen LogP contribution in [0.15, 0.2) is 78.9 Å². The minimum atomic E-state index is -0.766. The summed E-state index contributed by atoms with van der Waals surface area (Å²) in [5.74, 6) is -0.212. The first-order chi connectivity index (χ1) is 20.0. The number of amides is 2. The Morgan fingerprint density at radius 1 is 0.976 bits per heavy atom. The highest BCUT2D eigenvalue weighted by Gasteiger charge is 2.39. The lowest BCUT2D eigenvalue weighted by molar-refractivity contribution is -0.483. The van der Waals surface area contributed by atoms with Crippen molar-refractivity contribution in [3.05, 3.63) is 106 Å². The minimum absolute atomic E-state index is 0.0398. The quantitative estimate of drug-likeness (QED) is 0.200. The van der Waals surface area contributed by atoms with Crippen molar-refractivity contribution in [1.82, 2.24) is 4.90 Å². The predicted molar refractivity (Wildman–Crippen MR) is 151 cm³/mol. The van der Waals surface area contributed by atoms with E-state index >= 15 is 0 Å². The van der Waals surface area contributed by atoms with Crippen LogP contribution in [0.1, 0.15) is 54.7 Å². The van der Waals surface area contributed by atoms with E-state index in [1.54, 1.807) is 18.2 Å². The number of cyclic esters (lactones) is 1. The van der Waals surface area contributed by atoms with Gasteiger partial charge in [-0.05, 0) is 60.9 Å². The molecular weight excluding hydrogens is 524 g/mol. The van der Waals surface area contributed by atoms with Gasteiger partial charge in [-0.1, -0.05) is 66.7 Å². The molecule has 0 N–H and O–H groups in total. The summed E-state index contributed by atoms with van der Waals surface area (Å²) in [4.78, 5) is 38.4. The molecule has 2 unspecified atom stereocenters. The van der Waals surface area contributed by atoms with E-state index in [0.29, 0.717) is 30.1 Å². The Labute approximate surface area is 239 Å². The zero-order valence-electron chi connectivity index (χ0n) is 22.9. The van der Waals surface area contributed by atoms with Crippen molar-refractivity contribution in [3.8, 4) is 11.5 Å². The van der Waals surface area contributed by atoms with E-state index < -0.39 is 35.4 Å². The van der Waals surface area contributed by atoms with Crippen LogP contribution in [0, 0.1) is 10.1 Å². The van der Waals surface area contributed by atoms with E-state index in [4.69, 9.17) is 14.2 Å². The molecule has 214 valence electrons. The van der Waals surface area contributed by atoms with Crippen molar-refractivity contribution in [2.45, 2.75) is 63.2 Å². The summed E-state index contributed by atoms with van der Waals surface area (Å²) in [7, 11) is 0. The van der Waals surface area contributed by atoms with E-state index in [1.807, 2.05) is 60.7 Å². The van der Waals surface area contributed by atoms with E-state index in [0.717, 1.165) is 41.7 Å². The first-order valence-corrected chi connectivity index (χ1v) is 14.1. The number of benzene rings is 3. The van der Waals surface area contributed by atoms with Crippen LogP contribution in [0.5, 0.6) is 11.5 Å². The van der Waals surface area contributed by atoms with Crippen LogP contribution in [0.25, 0.3) is 0 Å². The molecule has 0 radical (unpaired) electrons. The van der Waals surface area contributed by atoms with Gasteiger partial charge >= 0.3 is 6.09 Å². The topological polar surface area (TPSA) is 108 Å². The van der Waals surface area contributed by atoms with Gasteiger partial charge in [-0.15, -0.1) is 0 Å². The Morgan fingerprint density at radius 3 is 2.34 bits per heavy atom. The second-order valence-electron chi connectivity index (χ2n) is 10.6. The third kappa shape index (κ3) is 7.42. The van der Waals surface area contributed by atoms with Gasteiger partial charge < -0.3 is 14.2 Å². The van der Waals surface area contributed by atoms with Crippen molar-refractivity contribution >= 4 is 12.0 Å². The second-order valence-corrected chi connectivity index (χ2v) is 10.6. The fourth-order valence-corrected chi connectivity index (χ4v) is 5.49. The van der Waals surface area contributed by atoms with E-state index in [-0.39, 0.29) is 19.1 Å². The molecule has 0 aromatic heterocycles. The number of nitro groups is 1. The molecule has 2 amide bonds. The smallest absolute Gasteiger partial charge is 0.416 e. The molecule has 9 nitrogen and oxygen atoms in total. The summed E-state index contributed by atoms with van der Waals surface area (Å²) in [6, 6.07) is 24.1. The van der Waals surface area contributed by atoms with E-state index in [2.05, 4.69) is 0 Å².